The number of benzene rings is 3. The van der Waals surface area contributed by atoms with Crippen molar-refractivity contribution in [2.75, 3.05) is 0 Å². The largest absolute Gasteiger partial charge is 0.478 e. The second-order valence-electron chi connectivity index (χ2n) is 6.84. The Morgan fingerprint density at radius 3 is 1.03 bits per heavy atom. The van der Waals surface area contributed by atoms with E-state index in [4.69, 9.17) is 0 Å². The first-order valence-corrected chi connectivity index (χ1v) is 9.00. The molecule has 3 aromatic rings. The summed E-state index contributed by atoms with van der Waals surface area (Å²) >= 11 is 0. The maximum Gasteiger partial charge on any atom is 0.335 e. The number of hydrogen-bond acceptors (Lipinski definition) is 6. The standard InChI is InChI=1S/C22H13NO10/c24-19(25)14-2-10(3-15(6-14)20(26)27)12-1-13(9-18(8-12)23(32)33)11-4-16(21(28)29)7-17(5-11)22(30)31/h1-9H,(H,24,25)(H,26,27)(H,28,29)(H,30,31). The van der Waals surface area contributed by atoms with Crippen LogP contribution >= 0.6 is 0 Å². The summed E-state index contributed by atoms with van der Waals surface area (Å²) in [5.74, 6) is -5.65. The number of hydrogen-bond donors (Lipinski definition) is 4. The fourth-order valence-electron chi connectivity index (χ4n) is 3.13. The predicted octanol–water partition coefficient (Wildman–Crippen LogP) is 3.72. The lowest BCUT2D eigenvalue weighted by Gasteiger charge is -2.10. The molecule has 166 valence electrons. The molecule has 0 aliphatic carbocycles. The van der Waals surface area contributed by atoms with E-state index in [-0.39, 0.29) is 44.5 Å². The molecular formula is C22H13NO10. The molecule has 4 N–H and O–H groups in total. The highest BCUT2D eigenvalue weighted by Crippen LogP contribution is 2.33. The van der Waals surface area contributed by atoms with E-state index in [1.54, 1.807) is 0 Å². The average Bonchev–Trinajstić information content (AvgIpc) is 2.77. The number of carboxylic acids is 4. The van der Waals surface area contributed by atoms with Crippen LogP contribution < -0.4 is 0 Å². The highest BCUT2D eigenvalue weighted by molar-refractivity contribution is 5.98. The highest BCUT2D eigenvalue weighted by Gasteiger charge is 2.18. The van der Waals surface area contributed by atoms with Crippen molar-refractivity contribution in [3.05, 3.63) is 87.0 Å². The number of aromatic carboxylic acids is 4. The van der Waals surface area contributed by atoms with Crippen LogP contribution in [0.1, 0.15) is 41.4 Å². The van der Waals surface area contributed by atoms with E-state index in [9.17, 15) is 49.7 Å². The topological polar surface area (TPSA) is 192 Å². The Labute approximate surface area is 183 Å². The monoisotopic (exact) mass is 451 g/mol. The van der Waals surface area contributed by atoms with Gasteiger partial charge < -0.3 is 20.4 Å². The van der Waals surface area contributed by atoms with Gasteiger partial charge in [0, 0.05) is 12.1 Å². The third-order valence-electron chi connectivity index (χ3n) is 4.65. The lowest BCUT2D eigenvalue weighted by molar-refractivity contribution is -0.384. The normalized spacial score (nSPS) is 10.4. The van der Waals surface area contributed by atoms with Crippen molar-refractivity contribution < 1.29 is 44.5 Å². The van der Waals surface area contributed by atoms with Gasteiger partial charge in [-0.1, -0.05) is 0 Å². The first-order valence-electron chi connectivity index (χ1n) is 9.00. The van der Waals surface area contributed by atoms with Crippen LogP contribution in [0.3, 0.4) is 0 Å². The lowest BCUT2D eigenvalue weighted by atomic mass is 9.94. The minimum atomic E-state index is -1.41. The Bertz CT molecular complexity index is 1200. The van der Waals surface area contributed by atoms with Gasteiger partial charge in [-0.25, -0.2) is 19.2 Å². The fourth-order valence-corrected chi connectivity index (χ4v) is 3.13. The quantitative estimate of drug-likeness (QED) is 0.304. The van der Waals surface area contributed by atoms with Crippen LogP contribution in [-0.4, -0.2) is 49.2 Å². The molecule has 3 aromatic carbocycles. The van der Waals surface area contributed by atoms with Crippen molar-refractivity contribution in [1.82, 2.24) is 0 Å². The average molecular weight is 451 g/mol. The lowest BCUT2D eigenvalue weighted by Crippen LogP contribution is -2.04. The second-order valence-corrected chi connectivity index (χ2v) is 6.84. The van der Waals surface area contributed by atoms with Crippen molar-refractivity contribution in [2.45, 2.75) is 0 Å². The third-order valence-corrected chi connectivity index (χ3v) is 4.65. The van der Waals surface area contributed by atoms with Gasteiger partial charge in [0.2, 0.25) is 0 Å². The smallest absolute Gasteiger partial charge is 0.335 e. The number of rotatable bonds is 7. The molecule has 0 fully saturated rings. The molecule has 0 atom stereocenters. The molecule has 0 aliphatic rings. The molecule has 33 heavy (non-hydrogen) atoms. The van der Waals surface area contributed by atoms with E-state index >= 15 is 0 Å². The summed E-state index contributed by atoms with van der Waals surface area (Å²) in [6.45, 7) is 0. The van der Waals surface area contributed by atoms with Gasteiger partial charge in [0.1, 0.15) is 0 Å². The molecule has 0 aromatic heterocycles. The molecule has 0 bridgehead atoms. The van der Waals surface area contributed by atoms with Gasteiger partial charge in [-0.3, -0.25) is 10.1 Å². The van der Waals surface area contributed by atoms with Gasteiger partial charge in [0.25, 0.3) is 5.69 Å². The van der Waals surface area contributed by atoms with Crippen LogP contribution in [-0.2, 0) is 0 Å². The first-order chi connectivity index (χ1) is 15.5. The molecule has 0 amide bonds. The maximum absolute atomic E-state index is 11.5. The van der Waals surface area contributed by atoms with Crippen molar-refractivity contribution >= 4 is 29.6 Å². The van der Waals surface area contributed by atoms with Crippen LogP contribution in [0.4, 0.5) is 5.69 Å². The van der Waals surface area contributed by atoms with Crippen LogP contribution in [0, 0.1) is 10.1 Å². The van der Waals surface area contributed by atoms with E-state index in [1.807, 2.05) is 0 Å². The molecule has 3 rings (SSSR count). The van der Waals surface area contributed by atoms with Gasteiger partial charge in [-0.2, -0.15) is 0 Å². The number of carboxylic acid groups (broad SMARTS) is 4. The van der Waals surface area contributed by atoms with E-state index < -0.39 is 34.5 Å². The summed E-state index contributed by atoms with van der Waals surface area (Å²) in [6, 6.07) is 9.92. The van der Waals surface area contributed by atoms with Crippen molar-refractivity contribution in [2.24, 2.45) is 0 Å². The summed E-state index contributed by atoms with van der Waals surface area (Å²) in [4.78, 5) is 56.4. The molecule has 11 heteroatoms. The summed E-state index contributed by atoms with van der Waals surface area (Å²) in [6.07, 6.45) is 0. The Kier molecular flexibility index (Phi) is 5.89. The van der Waals surface area contributed by atoms with Crippen LogP contribution in [0.5, 0.6) is 0 Å². The van der Waals surface area contributed by atoms with Crippen molar-refractivity contribution in [3.8, 4) is 22.3 Å². The van der Waals surface area contributed by atoms with Crippen molar-refractivity contribution in [1.29, 1.82) is 0 Å². The van der Waals surface area contributed by atoms with Gasteiger partial charge in [-0.05, 0) is 64.7 Å². The maximum atomic E-state index is 11.5. The molecule has 11 nitrogen and oxygen atoms in total. The number of nitro benzene ring substituents is 1. The van der Waals surface area contributed by atoms with Crippen LogP contribution in [0.15, 0.2) is 54.6 Å². The molecule has 0 spiro atoms. The molecule has 0 aliphatic heterocycles. The van der Waals surface area contributed by atoms with E-state index in [0.29, 0.717) is 0 Å². The SMILES string of the molecule is O=C(O)c1cc(C(=O)O)cc(-c2cc(-c3cc(C(=O)O)cc(C(=O)O)c3)cc([N+](=O)[O-])c2)c1. The Hall–Kier alpha value is -5.06. The minimum absolute atomic E-state index is 0.0464. The fraction of sp³-hybridized carbons (Fsp3) is 0. The second kappa shape index (κ2) is 8.59. The van der Waals surface area contributed by atoms with Crippen LogP contribution in [0.2, 0.25) is 0 Å². The van der Waals surface area contributed by atoms with Gasteiger partial charge >= 0.3 is 23.9 Å². The molecule has 0 unspecified atom stereocenters. The Balaban J connectivity index is 2.31. The first kappa shape index (κ1) is 22.6. The predicted molar refractivity (Wildman–Crippen MR) is 112 cm³/mol. The molecule has 0 saturated carbocycles. The van der Waals surface area contributed by atoms with Gasteiger partial charge in [-0.15, -0.1) is 0 Å². The summed E-state index contributed by atoms with van der Waals surface area (Å²) in [5.41, 5.74) is -1.67. The highest BCUT2D eigenvalue weighted by atomic mass is 16.6. The number of non-ortho nitro benzene ring substituents is 1. The zero-order valence-electron chi connectivity index (χ0n) is 16.4. The van der Waals surface area contributed by atoms with E-state index in [2.05, 4.69) is 0 Å². The summed E-state index contributed by atoms with van der Waals surface area (Å²) < 4.78 is 0. The van der Waals surface area contributed by atoms with E-state index in [1.165, 1.54) is 6.07 Å². The zero-order valence-corrected chi connectivity index (χ0v) is 16.4. The minimum Gasteiger partial charge on any atom is -0.478 e. The zero-order chi connectivity index (χ0) is 24.4. The number of nitrogens with zero attached hydrogens (tertiary/aromatic N) is 1. The Morgan fingerprint density at radius 1 is 0.515 bits per heavy atom. The summed E-state index contributed by atoms with van der Waals surface area (Å²) in [5, 5.41) is 48.7. The summed E-state index contributed by atoms with van der Waals surface area (Å²) in [7, 11) is 0. The number of nitro groups is 1. The molecular weight excluding hydrogens is 438 g/mol. The van der Waals surface area contributed by atoms with Gasteiger partial charge in [0.15, 0.2) is 0 Å². The third kappa shape index (κ3) is 4.82. The molecule has 0 heterocycles. The Morgan fingerprint density at radius 2 is 0.788 bits per heavy atom. The molecule has 0 radical (unpaired) electrons. The van der Waals surface area contributed by atoms with Crippen molar-refractivity contribution in [3.63, 3.8) is 0 Å². The number of carbonyl (C=O) groups is 4. The van der Waals surface area contributed by atoms with E-state index in [0.717, 1.165) is 48.5 Å². The van der Waals surface area contributed by atoms with Crippen LogP contribution in [0.25, 0.3) is 22.3 Å². The molecule has 0 saturated heterocycles. The van der Waals surface area contributed by atoms with Gasteiger partial charge in [0.05, 0.1) is 27.2 Å².